The first-order valence-corrected chi connectivity index (χ1v) is 9.17. The molecule has 0 radical (unpaired) electrons. The van der Waals surface area contributed by atoms with E-state index in [0.29, 0.717) is 10.4 Å². The predicted molar refractivity (Wildman–Crippen MR) is 80.2 cm³/mol. The fourth-order valence-electron chi connectivity index (χ4n) is 2.95. The van der Waals surface area contributed by atoms with Crippen molar-refractivity contribution in [3.63, 3.8) is 0 Å². The predicted octanol–water partition coefficient (Wildman–Crippen LogP) is 1.87. The van der Waals surface area contributed by atoms with Crippen LogP contribution in [0.4, 0.5) is 0 Å². The second-order valence-electron chi connectivity index (χ2n) is 5.31. The van der Waals surface area contributed by atoms with Crippen LogP contribution in [0.15, 0.2) is 21.6 Å². The zero-order valence-corrected chi connectivity index (χ0v) is 13.9. The summed E-state index contributed by atoms with van der Waals surface area (Å²) in [6.45, 7) is 2.92. The Kier molecular flexibility index (Phi) is 4.07. The molecule has 3 aliphatic heterocycles. The van der Waals surface area contributed by atoms with Crippen LogP contribution in [0.2, 0.25) is 5.15 Å². The third-order valence-corrected chi connectivity index (χ3v) is 6.38. The first kappa shape index (κ1) is 14.7. The molecule has 3 saturated heterocycles. The van der Waals surface area contributed by atoms with Gasteiger partial charge in [-0.05, 0) is 53.8 Å². The minimum absolute atomic E-state index is 0.00183. The summed E-state index contributed by atoms with van der Waals surface area (Å²) in [5.41, 5.74) is 0. The summed E-state index contributed by atoms with van der Waals surface area (Å²) in [5.74, 6) is 0.425. The molecular formula is C12H15BrClN3O2S. The lowest BCUT2D eigenvalue weighted by molar-refractivity contribution is 0.0827. The third kappa shape index (κ3) is 2.87. The average molecular weight is 381 g/mol. The van der Waals surface area contributed by atoms with E-state index in [0.717, 1.165) is 32.5 Å². The van der Waals surface area contributed by atoms with Gasteiger partial charge >= 0.3 is 0 Å². The second kappa shape index (κ2) is 5.53. The van der Waals surface area contributed by atoms with E-state index in [-0.39, 0.29) is 16.1 Å². The zero-order chi connectivity index (χ0) is 14.3. The molecule has 1 aromatic heterocycles. The number of sulfonamides is 1. The van der Waals surface area contributed by atoms with Crippen LogP contribution in [0.1, 0.15) is 12.8 Å². The Morgan fingerprint density at radius 3 is 2.70 bits per heavy atom. The number of nitrogens with one attached hydrogen (secondary N) is 1. The quantitative estimate of drug-likeness (QED) is 0.813. The van der Waals surface area contributed by atoms with E-state index < -0.39 is 10.0 Å². The number of hydrogen-bond donors (Lipinski definition) is 1. The van der Waals surface area contributed by atoms with Gasteiger partial charge in [0, 0.05) is 23.3 Å². The van der Waals surface area contributed by atoms with E-state index in [9.17, 15) is 8.42 Å². The van der Waals surface area contributed by atoms with Crippen molar-refractivity contribution in [3.8, 4) is 0 Å². The number of hydrogen-bond acceptors (Lipinski definition) is 4. The highest BCUT2D eigenvalue weighted by Gasteiger charge is 2.37. The van der Waals surface area contributed by atoms with Gasteiger partial charge in [0.1, 0.15) is 10.0 Å². The monoisotopic (exact) mass is 379 g/mol. The van der Waals surface area contributed by atoms with Crippen LogP contribution in [-0.2, 0) is 10.0 Å². The van der Waals surface area contributed by atoms with Gasteiger partial charge in [0.25, 0.3) is 0 Å². The number of nitrogens with zero attached hydrogens (tertiary/aromatic N) is 2. The van der Waals surface area contributed by atoms with Gasteiger partial charge in [-0.25, -0.2) is 18.1 Å². The van der Waals surface area contributed by atoms with E-state index in [1.54, 1.807) is 0 Å². The Hall–Kier alpha value is -0.210. The van der Waals surface area contributed by atoms with Crippen molar-refractivity contribution < 1.29 is 8.42 Å². The lowest BCUT2D eigenvalue weighted by atomic mass is 9.85. The van der Waals surface area contributed by atoms with E-state index in [4.69, 9.17) is 11.6 Å². The molecule has 5 nitrogen and oxygen atoms in total. The molecule has 1 atom stereocenters. The average Bonchev–Trinajstić information content (AvgIpc) is 2.42. The number of pyridine rings is 1. The van der Waals surface area contributed by atoms with Crippen LogP contribution in [0.25, 0.3) is 0 Å². The van der Waals surface area contributed by atoms with Crippen molar-refractivity contribution in [1.29, 1.82) is 0 Å². The second-order valence-corrected chi connectivity index (χ2v) is 8.26. The van der Waals surface area contributed by atoms with Gasteiger partial charge in [0.05, 0.1) is 0 Å². The van der Waals surface area contributed by atoms with Crippen LogP contribution in [0.5, 0.6) is 0 Å². The zero-order valence-electron chi connectivity index (χ0n) is 10.7. The van der Waals surface area contributed by atoms with E-state index >= 15 is 0 Å². The minimum atomic E-state index is -3.64. The molecule has 3 aliphatic rings. The first-order valence-electron chi connectivity index (χ1n) is 6.51. The molecule has 3 fully saturated rings. The molecule has 0 aromatic carbocycles. The highest BCUT2D eigenvalue weighted by molar-refractivity contribution is 9.10. The van der Waals surface area contributed by atoms with Gasteiger partial charge in [0.15, 0.2) is 0 Å². The summed E-state index contributed by atoms with van der Waals surface area (Å²) in [6.07, 6.45) is 3.59. The standard InChI is InChI=1S/C12H15BrClN3O2S/c13-9-5-11(12(14)15-6-9)20(18,19)16-10-7-17-3-1-8(10)2-4-17/h5-6,8,10,16H,1-4,7H2. The van der Waals surface area contributed by atoms with Crippen molar-refractivity contribution in [2.45, 2.75) is 23.8 Å². The Labute approximate surface area is 131 Å². The molecule has 0 amide bonds. The largest absolute Gasteiger partial charge is 0.302 e. The van der Waals surface area contributed by atoms with Crippen LogP contribution in [0, 0.1) is 5.92 Å². The van der Waals surface area contributed by atoms with Crippen LogP contribution in [0.3, 0.4) is 0 Å². The van der Waals surface area contributed by atoms with Crippen molar-refractivity contribution in [2.24, 2.45) is 5.92 Å². The summed E-state index contributed by atoms with van der Waals surface area (Å²) in [7, 11) is -3.64. The number of aromatic nitrogens is 1. The molecule has 1 unspecified atom stereocenters. The Morgan fingerprint density at radius 2 is 2.10 bits per heavy atom. The van der Waals surface area contributed by atoms with Gasteiger partial charge in [0.2, 0.25) is 10.0 Å². The van der Waals surface area contributed by atoms with Crippen LogP contribution in [-0.4, -0.2) is 44.0 Å². The SMILES string of the molecule is O=S(=O)(NC1CN2CCC1CC2)c1cc(Br)cnc1Cl. The molecular weight excluding hydrogens is 366 g/mol. The lowest BCUT2D eigenvalue weighted by Gasteiger charge is -2.44. The van der Waals surface area contributed by atoms with Crippen molar-refractivity contribution in [2.75, 3.05) is 19.6 Å². The first-order chi connectivity index (χ1) is 9.45. The Bertz CT molecular complexity index is 617. The molecule has 20 heavy (non-hydrogen) atoms. The van der Waals surface area contributed by atoms with E-state index in [1.165, 1.54) is 12.3 Å². The molecule has 1 aromatic rings. The fraction of sp³-hybridized carbons (Fsp3) is 0.583. The van der Waals surface area contributed by atoms with Gasteiger partial charge in [-0.1, -0.05) is 11.6 Å². The molecule has 4 heterocycles. The molecule has 8 heteroatoms. The van der Waals surface area contributed by atoms with Crippen molar-refractivity contribution >= 4 is 37.6 Å². The van der Waals surface area contributed by atoms with Crippen molar-refractivity contribution in [3.05, 3.63) is 21.9 Å². The van der Waals surface area contributed by atoms with Crippen LogP contribution < -0.4 is 4.72 Å². The highest BCUT2D eigenvalue weighted by Crippen LogP contribution is 2.29. The fourth-order valence-corrected chi connectivity index (χ4v) is 5.19. The van der Waals surface area contributed by atoms with Gasteiger partial charge < -0.3 is 4.90 Å². The maximum Gasteiger partial charge on any atom is 0.243 e. The molecule has 2 bridgehead atoms. The van der Waals surface area contributed by atoms with E-state index in [1.807, 2.05) is 0 Å². The maximum atomic E-state index is 12.5. The lowest BCUT2D eigenvalue weighted by Crippen LogP contribution is -2.57. The Morgan fingerprint density at radius 1 is 1.40 bits per heavy atom. The van der Waals surface area contributed by atoms with Gasteiger partial charge in [-0.15, -0.1) is 0 Å². The highest BCUT2D eigenvalue weighted by atomic mass is 79.9. The molecule has 0 saturated carbocycles. The van der Waals surface area contributed by atoms with Crippen molar-refractivity contribution in [1.82, 2.24) is 14.6 Å². The van der Waals surface area contributed by atoms with E-state index in [2.05, 4.69) is 30.5 Å². The summed E-state index contributed by atoms with van der Waals surface area (Å²) < 4.78 is 28.3. The normalized spacial score (nSPS) is 29.6. The maximum absolute atomic E-state index is 12.5. The third-order valence-electron chi connectivity index (χ3n) is 4.03. The van der Waals surface area contributed by atoms with Gasteiger partial charge in [-0.2, -0.15) is 0 Å². The summed E-state index contributed by atoms with van der Waals surface area (Å²) in [5, 5.41) is 0.00183. The number of halogens is 2. The summed E-state index contributed by atoms with van der Waals surface area (Å²) >= 11 is 9.14. The summed E-state index contributed by atoms with van der Waals surface area (Å²) in [4.78, 5) is 6.21. The smallest absolute Gasteiger partial charge is 0.243 e. The summed E-state index contributed by atoms with van der Waals surface area (Å²) in [6, 6.07) is 1.46. The molecule has 110 valence electrons. The molecule has 1 N–H and O–H groups in total. The number of fused-ring (bicyclic) bond motifs is 3. The van der Waals surface area contributed by atoms with Crippen LogP contribution >= 0.6 is 27.5 Å². The molecule has 0 aliphatic carbocycles. The Balaban J connectivity index is 1.84. The minimum Gasteiger partial charge on any atom is -0.302 e. The number of rotatable bonds is 3. The number of piperidine rings is 3. The molecule has 4 rings (SSSR count). The topological polar surface area (TPSA) is 62.3 Å². The van der Waals surface area contributed by atoms with Gasteiger partial charge in [-0.3, -0.25) is 0 Å². The molecule has 0 spiro atoms.